The van der Waals surface area contributed by atoms with Crippen LogP contribution in [0.15, 0.2) is 47.6 Å². The highest BCUT2D eigenvalue weighted by Crippen LogP contribution is 2.48. The highest BCUT2D eigenvalue weighted by Gasteiger charge is 2.47. The van der Waals surface area contributed by atoms with Gasteiger partial charge in [0, 0.05) is 5.69 Å². The number of carbonyl (C=O) groups is 1. The van der Waals surface area contributed by atoms with Crippen LogP contribution < -0.4 is 5.32 Å². The molecule has 2 aromatic rings. The fourth-order valence-electron chi connectivity index (χ4n) is 4.11. The Bertz CT molecular complexity index is 820. The number of anilines is 1. The number of nitrogens with zero attached hydrogens (tertiary/aromatic N) is 1. The van der Waals surface area contributed by atoms with Crippen LogP contribution in [0.3, 0.4) is 0 Å². The molecule has 4 rings (SSSR count). The number of carbonyl (C=O) groups excluding carboxylic acids is 1. The van der Waals surface area contributed by atoms with E-state index in [0.29, 0.717) is 0 Å². The third-order valence-corrected chi connectivity index (χ3v) is 5.35. The minimum absolute atomic E-state index is 0.163. The van der Waals surface area contributed by atoms with Crippen LogP contribution in [0, 0.1) is 0 Å². The molecule has 1 amide bonds. The molecule has 4 nitrogen and oxygen atoms in total. The molecule has 0 bridgehead atoms. The van der Waals surface area contributed by atoms with Gasteiger partial charge in [0.15, 0.2) is 0 Å². The highest BCUT2D eigenvalue weighted by atomic mass is 16.4. The van der Waals surface area contributed by atoms with Crippen molar-refractivity contribution in [3.8, 4) is 11.1 Å². The second-order valence-electron chi connectivity index (χ2n) is 6.73. The van der Waals surface area contributed by atoms with E-state index >= 15 is 0 Å². The molecule has 1 heterocycles. The van der Waals surface area contributed by atoms with Crippen molar-refractivity contribution in [1.82, 2.24) is 0 Å². The lowest BCUT2D eigenvalue weighted by atomic mass is 9.70. The van der Waals surface area contributed by atoms with E-state index in [9.17, 15) is 4.79 Å². The molecule has 24 heavy (non-hydrogen) atoms. The zero-order valence-electron chi connectivity index (χ0n) is 13.5. The first-order chi connectivity index (χ1) is 11.7. The lowest BCUT2D eigenvalue weighted by Crippen LogP contribution is -2.36. The van der Waals surface area contributed by atoms with Crippen LogP contribution >= 0.6 is 0 Å². The third-order valence-electron chi connectivity index (χ3n) is 5.35. The van der Waals surface area contributed by atoms with Gasteiger partial charge in [0.1, 0.15) is 0 Å². The monoisotopic (exact) mass is 320 g/mol. The molecular formula is C20H20N2O2. The number of amides is 1. The Morgan fingerprint density at radius 3 is 2.62 bits per heavy atom. The summed E-state index contributed by atoms with van der Waals surface area (Å²) in [7, 11) is 0. The van der Waals surface area contributed by atoms with Gasteiger partial charge in [-0.05, 0) is 53.3 Å². The SMILES string of the molecule is O=C1Nc2ccc(-c3cccc(/C=N/O)c3)cc2C12CCCCC2. The van der Waals surface area contributed by atoms with E-state index in [2.05, 4.69) is 16.5 Å². The average molecular weight is 320 g/mol. The predicted octanol–water partition coefficient (Wildman–Crippen LogP) is 4.32. The van der Waals surface area contributed by atoms with Gasteiger partial charge < -0.3 is 10.5 Å². The molecule has 2 N–H and O–H groups in total. The van der Waals surface area contributed by atoms with Crippen molar-refractivity contribution in [2.24, 2.45) is 5.16 Å². The fraction of sp³-hybridized carbons (Fsp3) is 0.300. The van der Waals surface area contributed by atoms with E-state index in [1.807, 2.05) is 36.4 Å². The van der Waals surface area contributed by atoms with Crippen molar-refractivity contribution in [2.75, 3.05) is 5.32 Å². The van der Waals surface area contributed by atoms with Gasteiger partial charge in [-0.15, -0.1) is 0 Å². The fourth-order valence-corrected chi connectivity index (χ4v) is 4.11. The van der Waals surface area contributed by atoms with Crippen LogP contribution in [0.1, 0.15) is 43.2 Å². The van der Waals surface area contributed by atoms with E-state index in [1.165, 1.54) is 12.6 Å². The molecule has 0 radical (unpaired) electrons. The zero-order valence-corrected chi connectivity index (χ0v) is 13.5. The second kappa shape index (κ2) is 5.78. The summed E-state index contributed by atoms with van der Waals surface area (Å²) in [6.07, 6.45) is 6.73. The molecule has 0 unspecified atom stereocenters. The summed E-state index contributed by atoms with van der Waals surface area (Å²) in [5, 5.41) is 14.9. The quantitative estimate of drug-likeness (QED) is 0.492. The molecule has 1 fully saturated rings. The molecular weight excluding hydrogens is 300 g/mol. The van der Waals surface area contributed by atoms with Gasteiger partial charge >= 0.3 is 0 Å². The Labute approximate surface area is 141 Å². The lowest BCUT2D eigenvalue weighted by molar-refractivity contribution is -0.121. The average Bonchev–Trinajstić information content (AvgIpc) is 2.88. The summed E-state index contributed by atoms with van der Waals surface area (Å²) >= 11 is 0. The Kier molecular flexibility index (Phi) is 3.60. The molecule has 1 saturated carbocycles. The minimum atomic E-state index is -0.340. The molecule has 2 aliphatic rings. The van der Waals surface area contributed by atoms with Gasteiger partial charge in [0.05, 0.1) is 11.6 Å². The van der Waals surface area contributed by atoms with Crippen LogP contribution in [0.25, 0.3) is 11.1 Å². The first-order valence-corrected chi connectivity index (χ1v) is 8.47. The topological polar surface area (TPSA) is 61.7 Å². The number of hydrogen-bond donors (Lipinski definition) is 2. The molecule has 122 valence electrons. The van der Waals surface area contributed by atoms with Crippen molar-refractivity contribution >= 4 is 17.8 Å². The molecule has 2 aromatic carbocycles. The van der Waals surface area contributed by atoms with Crippen molar-refractivity contribution in [3.63, 3.8) is 0 Å². The van der Waals surface area contributed by atoms with Gasteiger partial charge in [-0.1, -0.05) is 48.7 Å². The third kappa shape index (κ3) is 2.30. The van der Waals surface area contributed by atoms with Crippen molar-refractivity contribution < 1.29 is 10.0 Å². The summed E-state index contributed by atoms with van der Waals surface area (Å²) in [5.41, 5.74) is 4.75. The van der Waals surface area contributed by atoms with Gasteiger partial charge in [-0.3, -0.25) is 4.79 Å². The largest absolute Gasteiger partial charge is 0.411 e. The molecule has 1 aliphatic heterocycles. The number of rotatable bonds is 2. The maximum Gasteiger partial charge on any atom is 0.235 e. The normalized spacial score (nSPS) is 18.8. The van der Waals surface area contributed by atoms with Gasteiger partial charge in [-0.25, -0.2) is 0 Å². The van der Waals surface area contributed by atoms with Crippen LogP contribution in [-0.2, 0) is 10.2 Å². The summed E-state index contributed by atoms with van der Waals surface area (Å²) < 4.78 is 0. The van der Waals surface area contributed by atoms with Crippen LogP contribution in [0.5, 0.6) is 0 Å². The number of benzene rings is 2. The Hall–Kier alpha value is -2.62. The second-order valence-corrected chi connectivity index (χ2v) is 6.73. The van der Waals surface area contributed by atoms with Crippen LogP contribution in [0.4, 0.5) is 5.69 Å². The van der Waals surface area contributed by atoms with E-state index in [1.54, 1.807) is 0 Å². The van der Waals surface area contributed by atoms with Crippen molar-refractivity contribution in [3.05, 3.63) is 53.6 Å². The number of hydrogen-bond acceptors (Lipinski definition) is 3. The van der Waals surface area contributed by atoms with E-state index in [4.69, 9.17) is 5.21 Å². The maximum absolute atomic E-state index is 12.6. The van der Waals surface area contributed by atoms with Crippen LogP contribution in [0.2, 0.25) is 0 Å². The Balaban J connectivity index is 1.79. The first kappa shape index (κ1) is 14.9. The minimum Gasteiger partial charge on any atom is -0.411 e. The van der Waals surface area contributed by atoms with E-state index in [0.717, 1.165) is 53.6 Å². The molecule has 1 aliphatic carbocycles. The highest BCUT2D eigenvalue weighted by molar-refractivity contribution is 6.06. The van der Waals surface area contributed by atoms with Crippen LogP contribution in [-0.4, -0.2) is 17.3 Å². The Morgan fingerprint density at radius 1 is 1.04 bits per heavy atom. The van der Waals surface area contributed by atoms with Gasteiger partial charge in [-0.2, -0.15) is 0 Å². The van der Waals surface area contributed by atoms with Gasteiger partial charge in [0.25, 0.3) is 0 Å². The maximum atomic E-state index is 12.6. The van der Waals surface area contributed by atoms with E-state index < -0.39 is 0 Å². The molecule has 0 saturated heterocycles. The van der Waals surface area contributed by atoms with Gasteiger partial charge in [0.2, 0.25) is 5.91 Å². The molecule has 0 aromatic heterocycles. The number of fused-ring (bicyclic) bond motifs is 2. The predicted molar refractivity (Wildman–Crippen MR) is 94.7 cm³/mol. The molecule has 0 atom stereocenters. The molecule has 4 heteroatoms. The first-order valence-electron chi connectivity index (χ1n) is 8.47. The zero-order chi connectivity index (χ0) is 16.6. The van der Waals surface area contributed by atoms with Crippen molar-refractivity contribution in [2.45, 2.75) is 37.5 Å². The van der Waals surface area contributed by atoms with E-state index in [-0.39, 0.29) is 11.3 Å². The molecule has 1 spiro atoms. The summed E-state index contributed by atoms with van der Waals surface area (Å²) in [4.78, 5) is 12.6. The Morgan fingerprint density at radius 2 is 1.83 bits per heavy atom. The summed E-state index contributed by atoms with van der Waals surface area (Å²) in [6, 6.07) is 14.1. The van der Waals surface area contributed by atoms with Crippen molar-refractivity contribution in [1.29, 1.82) is 0 Å². The number of nitrogens with one attached hydrogen (secondary N) is 1. The summed E-state index contributed by atoms with van der Waals surface area (Å²) in [5.74, 6) is 0.163. The summed E-state index contributed by atoms with van der Waals surface area (Å²) in [6.45, 7) is 0. The number of oxime groups is 1. The standard InChI is InChI=1S/C20H20N2O2/c23-19-20(9-2-1-3-10-20)17-12-16(7-8-18(17)22-19)15-6-4-5-14(11-15)13-21-24/h4-8,11-13,24H,1-3,9-10H2,(H,22,23)/b21-13+. The smallest absolute Gasteiger partial charge is 0.235 e. The lowest BCUT2D eigenvalue weighted by Gasteiger charge is -2.31.